The average molecular weight is 400 g/mol. The molecule has 2 atom stereocenters. The number of hydrogen-bond acceptors (Lipinski definition) is 3. The number of hydrogen-bond donors (Lipinski definition) is 0. The molecule has 0 N–H and O–H groups in total. The van der Waals surface area contributed by atoms with E-state index in [0.717, 1.165) is 12.0 Å². The Balaban J connectivity index is 1.58. The van der Waals surface area contributed by atoms with E-state index >= 15 is 0 Å². The van der Waals surface area contributed by atoms with E-state index in [4.69, 9.17) is 0 Å². The molecule has 29 heavy (non-hydrogen) atoms. The Hall–Kier alpha value is -2.37. The summed E-state index contributed by atoms with van der Waals surface area (Å²) in [6, 6.07) is 9.91. The number of amides is 3. The van der Waals surface area contributed by atoms with Crippen LogP contribution in [-0.4, -0.2) is 65.1 Å². The third kappa shape index (κ3) is 5.17. The van der Waals surface area contributed by atoms with Crippen molar-refractivity contribution in [3.63, 3.8) is 0 Å². The van der Waals surface area contributed by atoms with Crippen molar-refractivity contribution < 1.29 is 14.4 Å². The van der Waals surface area contributed by atoms with Crippen LogP contribution in [-0.2, 0) is 14.4 Å². The number of nitrogens with zero attached hydrogens (tertiary/aromatic N) is 3. The fraction of sp³-hybridized carbons (Fsp3) is 0.609. The summed E-state index contributed by atoms with van der Waals surface area (Å²) in [6.07, 6.45) is 1.63. The van der Waals surface area contributed by atoms with Crippen LogP contribution in [0.3, 0.4) is 0 Å². The Kier molecular flexibility index (Phi) is 6.93. The SMILES string of the molecule is CC(C)CC(=O)N1CCCN(C(=O)C2CC(=O)N(C(C)c3ccccc3)C2)CC1. The van der Waals surface area contributed by atoms with Gasteiger partial charge >= 0.3 is 0 Å². The molecule has 0 bridgehead atoms. The Morgan fingerprint density at radius 1 is 1.00 bits per heavy atom. The molecule has 2 unspecified atom stereocenters. The van der Waals surface area contributed by atoms with Gasteiger partial charge in [0.15, 0.2) is 0 Å². The maximum absolute atomic E-state index is 13.1. The van der Waals surface area contributed by atoms with E-state index < -0.39 is 0 Å². The van der Waals surface area contributed by atoms with Crippen molar-refractivity contribution in [2.24, 2.45) is 11.8 Å². The quantitative estimate of drug-likeness (QED) is 0.765. The van der Waals surface area contributed by atoms with E-state index in [2.05, 4.69) is 0 Å². The van der Waals surface area contributed by atoms with Crippen LogP contribution < -0.4 is 0 Å². The zero-order valence-electron chi connectivity index (χ0n) is 17.8. The van der Waals surface area contributed by atoms with Crippen LogP contribution in [0.2, 0.25) is 0 Å². The normalized spacial score (nSPS) is 21.4. The molecule has 0 aliphatic carbocycles. The van der Waals surface area contributed by atoms with Gasteiger partial charge in [-0.05, 0) is 24.8 Å². The first-order valence-corrected chi connectivity index (χ1v) is 10.8. The molecule has 1 aromatic rings. The van der Waals surface area contributed by atoms with Crippen LogP contribution in [0.4, 0.5) is 0 Å². The molecule has 0 saturated carbocycles. The maximum atomic E-state index is 13.1. The highest BCUT2D eigenvalue weighted by atomic mass is 16.2. The highest BCUT2D eigenvalue weighted by Gasteiger charge is 2.39. The number of rotatable bonds is 5. The van der Waals surface area contributed by atoms with E-state index in [-0.39, 0.29) is 36.1 Å². The Morgan fingerprint density at radius 3 is 2.34 bits per heavy atom. The second-order valence-corrected chi connectivity index (χ2v) is 8.69. The van der Waals surface area contributed by atoms with E-state index in [1.54, 1.807) is 0 Å². The third-order valence-electron chi connectivity index (χ3n) is 6.00. The van der Waals surface area contributed by atoms with Gasteiger partial charge in [0, 0.05) is 45.6 Å². The minimum atomic E-state index is -0.286. The highest BCUT2D eigenvalue weighted by molar-refractivity contribution is 5.89. The average Bonchev–Trinajstić information content (AvgIpc) is 2.92. The lowest BCUT2D eigenvalue weighted by molar-refractivity contribution is -0.136. The first kappa shape index (κ1) is 21.3. The number of carbonyl (C=O) groups excluding carboxylic acids is 3. The molecule has 2 fully saturated rings. The topological polar surface area (TPSA) is 60.9 Å². The molecule has 0 aromatic heterocycles. The molecule has 2 saturated heterocycles. The predicted octanol–water partition coefficient (Wildman–Crippen LogP) is 2.70. The molecule has 1 aromatic carbocycles. The second kappa shape index (κ2) is 9.42. The van der Waals surface area contributed by atoms with Gasteiger partial charge in [0.2, 0.25) is 17.7 Å². The molecule has 0 spiro atoms. The van der Waals surface area contributed by atoms with Crippen LogP contribution in [0.5, 0.6) is 0 Å². The monoisotopic (exact) mass is 399 g/mol. The summed E-state index contributed by atoms with van der Waals surface area (Å²) in [5, 5.41) is 0. The zero-order chi connectivity index (χ0) is 21.0. The van der Waals surface area contributed by atoms with Crippen LogP contribution in [0, 0.1) is 11.8 Å². The Labute approximate surface area is 173 Å². The first-order chi connectivity index (χ1) is 13.9. The molecular weight excluding hydrogens is 366 g/mol. The van der Waals surface area contributed by atoms with Crippen molar-refractivity contribution in [1.82, 2.24) is 14.7 Å². The molecule has 2 aliphatic rings. The van der Waals surface area contributed by atoms with Crippen molar-refractivity contribution in [2.75, 3.05) is 32.7 Å². The third-order valence-corrected chi connectivity index (χ3v) is 6.00. The lowest BCUT2D eigenvalue weighted by Crippen LogP contribution is -2.41. The Morgan fingerprint density at radius 2 is 1.66 bits per heavy atom. The van der Waals surface area contributed by atoms with Gasteiger partial charge in [-0.15, -0.1) is 0 Å². The van der Waals surface area contributed by atoms with Crippen molar-refractivity contribution in [3.05, 3.63) is 35.9 Å². The lowest BCUT2D eigenvalue weighted by Gasteiger charge is -2.27. The minimum absolute atomic E-state index is 0.0326. The summed E-state index contributed by atoms with van der Waals surface area (Å²) in [5.41, 5.74) is 1.09. The van der Waals surface area contributed by atoms with Crippen LogP contribution in [0.15, 0.2) is 30.3 Å². The fourth-order valence-corrected chi connectivity index (χ4v) is 4.31. The van der Waals surface area contributed by atoms with Crippen molar-refractivity contribution in [3.8, 4) is 0 Å². The molecule has 3 amide bonds. The van der Waals surface area contributed by atoms with Crippen LogP contribution in [0.1, 0.15) is 51.6 Å². The summed E-state index contributed by atoms with van der Waals surface area (Å²) in [7, 11) is 0. The van der Waals surface area contributed by atoms with E-state index in [1.165, 1.54) is 0 Å². The van der Waals surface area contributed by atoms with Crippen molar-refractivity contribution >= 4 is 17.7 Å². The lowest BCUT2D eigenvalue weighted by atomic mass is 10.1. The van der Waals surface area contributed by atoms with Gasteiger partial charge in [0.05, 0.1) is 12.0 Å². The summed E-state index contributed by atoms with van der Waals surface area (Å²) >= 11 is 0. The van der Waals surface area contributed by atoms with E-state index in [0.29, 0.717) is 45.1 Å². The van der Waals surface area contributed by atoms with E-state index in [1.807, 2.05) is 65.8 Å². The van der Waals surface area contributed by atoms with Crippen molar-refractivity contribution in [2.45, 2.75) is 46.1 Å². The predicted molar refractivity (Wildman–Crippen MR) is 112 cm³/mol. The molecule has 3 rings (SSSR count). The molecular formula is C23H33N3O3. The molecule has 158 valence electrons. The summed E-state index contributed by atoms with van der Waals surface area (Å²) in [6.45, 7) is 9.09. The smallest absolute Gasteiger partial charge is 0.228 e. The van der Waals surface area contributed by atoms with Gasteiger partial charge in [0.25, 0.3) is 0 Å². The fourth-order valence-electron chi connectivity index (χ4n) is 4.31. The van der Waals surface area contributed by atoms with Gasteiger partial charge in [-0.1, -0.05) is 44.2 Å². The molecule has 2 aliphatic heterocycles. The molecule has 0 radical (unpaired) electrons. The summed E-state index contributed by atoms with van der Waals surface area (Å²) < 4.78 is 0. The van der Waals surface area contributed by atoms with Gasteiger partial charge in [0.1, 0.15) is 0 Å². The maximum Gasteiger partial charge on any atom is 0.228 e. The van der Waals surface area contributed by atoms with Gasteiger partial charge in [-0.25, -0.2) is 0 Å². The minimum Gasteiger partial charge on any atom is -0.341 e. The van der Waals surface area contributed by atoms with Crippen molar-refractivity contribution in [1.29, 1.82) is 0 Å². The first-order valence-electron chi connectivity index (χ1n) is 10.8. The van der Waals surface area contributed by atoms with Gasteiger partial charge < -0.3 is 14.7 Å². The summed E-state index contributed by atoms with van der Waals surface area (Å²) in [4.78, 5) is 43.6. The number of carbonyl (C=O) groups is 3. The van der Waals surface area contributed by atoms with Gasteiger partial charge in [-0.3, -0.25) is 14.4 Å². The van der Waals surface area contributed by atoms with Crippen LogP contribution in [0.25, 0.3) is 0 Å². The molecule has 6 nitrogen and oxygen atoms in total. The van der Waals surface area contributed by atoms with Gasteiger partial charge in [-0.2, -0.15) is 0 Å². The zero-order valence-corrected chi connectivity index (χ0v) is 17.8. The highest BCUT2D eigenvalue weighted by Crippen LogP contribution is 2.29. The molecule has 6 heteroatoms. The standard InChI is InChI=1S/C23H33N3O3/c1-17(2)14-21(27)24-10-7-11-25(13-12-24)23(29)20-15-22(28)26(16-20)18(3)19-8-5-4-6-9-19/h4-6,8-9,17-18,20H,7,10-16H2,1-3H3. The summed E-state index contributed by atoms with van der Waals surface area (Å²) in [5.74, 6) is 0.327. The Bertz CT molecular complexity index is 734. The molecule has 2 heterocycles. The second-order valence-electron chi connectivity index (χ2n) is 8.69. The van der Waals surface area contributed by atoms with Crippen LogP contribution >= 0.6 is 0 Å². The number of benzene rings is 1. The van der Waals surface area contributed by atoms with E-state index in [9.17, 15) is 14.4 Å². The largest absolute Gasteiger partial charge is 0.341 e. The number of likely N-dealkylation sites (tertiary alicyclic amines) is 1.